The molecule has 0 N–H and O–H groups in total. The first-order valence-corrected chi connectivity index (χ1v) is 8.32. The van der Waals surface area contributed by atoms with Gasteiger partial charge < -0.3 is 23.7 Å². The van der Waals surface area contributed by atoms with E-state index >= 15 is 0 Å². The highest BCUT2D eigenvalue weighted by Gasteiger charge is 2.81. The van der Waals surface area contributed by atoms with Crippen LogP contribution in [0.15, 0.2) is 30.3 Å². The molecule has 1 aliphatic carbocycles. The van der Waals surface area contributed by atoms with Gasteiger partial charge in [0, 0.05) is 13.8 Å². The molecular formula is C18H18O8. The minimum absolute atomic E-state index is 0.131. The summed E-state index contributed by atoms with van der Waals surface area (Å²) in [6, 6.07) is 8.52. The lowest BCUT2D eigenvalue weighted by atomic mass is 9.84. The van der Waals surface area contributed by atoms with E-state index in [1.54, 1.807) is 30.3 Å². The summed E-state index contributed by atoms with van der Waals surface area (Å²) in [7, 11) is 0. The van der Waals surface area contributed by atoms with Crippen LogP contribution >= 0.6 is 0 Å². The number of carbonyl (C=O) groups excluding carboxylic acids is 3. The van der Waals surface area contributed by atoms with E-state index in [1.807, 2.05) is 0 Å². The highest BCUT2D eigenvalue weighted by atomic mass is 16.7. The fourth-order valence-electron chi connectivity index (χ4n) is 3.57. The number of carbonyl (C=O) groups is 3. The van der Waals surface area contributed by atoms with Crippen molar-refractivity contribution >= 4 is 17.9 Å². The van der Waals surface area contributed by atoms with Gasteiger partial charge in [0.2, 0.25) is 0 Å². The fourth-order valence-corrected chi connectivity index (χ4v) is 3.57. The lowest BCUT2D eigenvalue weighted by molar-refractivity contribution is -0.175. The van der Waals surface area contributed by atoms with Gasteiger partial charge in [0.05, 0.1) is 5.56 Å². The zero-order chi connectivity index (χ0) is 18.5. The molecule has 8 heteroatoms. The molecule has 26 heavy (non-hydrogen) atoms. The van der Waals surface area contributed by atoms with Crippen LogP contribution in [0.2, 0.25) is 0 Å². The lowest BCUT2D eigenvalue weighted by Gasteiger charge is -2.32. The Bertz CT molecular complexity index is 747. The smallest absolute Gasteiger partial charge is 0.338 e. The molecule has 1 saturated carbocycles. The molecule has 0 radical (unpaired) electrons. The minimum Gasteiger partial charge on any atom is -0.459 e. The molecule has 138 valence electrons. The molecule has 0 aromatic heterocycles. The predicted octanol–water partition coefficient (Wildman–Crippen LogP) is 0.625. The number of esters is 3. The van der Waals surface area contributed by atoms with Crippen LogP contribution in [0.1, 0.15) is 24.2 Å². The topological polar surface area (TPSA) is 104 Å². The van der Waals surface area contributed by atoms with Gasteiger partial charge in [-0.25, -0.2) is 4.79 Å². The highest BCUT2D eigenvalue weighted by Crippen LogP contribution is 2.57. The van der Waals surface area contributed by atoms with Crippen molar-refractivity contribution in [2.45, 2.75) is 50.0 Å². The Hall–Kier alpha value is -2.45. The van der Waals surface area contributed by atoms with E-state index in [0.717, 1.165) is 0 Å². The van der Waals surface area contributed by atoms with Gasteiger partial charge in [0.1, 0.15) is 24.9 Å². The third kappa shape index (κ3) is 2.85. The molecule has 2 heterocycles. The van der Waals surface area contributed by atoms with E-state index in [2.05, 4.69) is 0 Å². The molecule has 0 amide bonds. The van der Waals surface area contributed by atoms with Crippen LogP contribution in [-0.2, 0) is 33.3 Å². The normalized spacial score (nSPS) is 36.2. The van der Waals surface area contributed by atoms with E-state index in [9.17, 15) is 14.4 Å². The van der Waals surface area contributed by atoms with Crippen molar-refractivity contribution in [1.29, 1.82) is 0 Å². The predicted molar refractivity (Wildman–Crippen MR) is 84.1 cm³/mol. The van der Waals surface area contributed by atoms with Crippen molar-refractivity contribution in [3.63, 3.8) is 0 Å². The van der Waals surface area contributed by atoms with E-state index in [1.165, 1.54) is 13.8 Å². The van der Waals surface area contributed by atoms with Gasteiger partial charge in [-0.05, 0) is 12.1 Å². The van der Waals surface area contributed by atoms with Gasteiger partial charge in [-0.1, -0.05) is 18.2 Å². The van der Waals surface area contributed by atoms with E-state index in [4.69, 9.17) is 23.7 Å². The average molecular weight is 362 g/mol. The lowest BCUT2D eigenvalue weighted by Crippen LogP contribution is -2.55. The second-order valence-corrected chi connectivity index (χ2v) is 6.60. The molecule has 6 atom stereocenters. The Labute approximate surface area is 149 Å². The highest BCUT2D eigenvalue weighted by molar-refractivity contribution is 5.89. The van der Waals surface area contributed by atoms with Crippen LogP contribution in [0, 0.1) is 0 Å². The van der Waals surface area contributed by atoms with Crippen molar-refractivity contribution in [2.75, 3.05) is 6.61 Å². The molecule has 0 spiro atoms. The van der Waals surface area contributed by atoms with Gasteiger partial charge >= 0.3 is 17.9 Å². The van der Waals surface area contributed by atoms with Crippen LogP contribution in [0.4, 0.5) is 0 Å². The first kappa shape index (κ1) is 17.0. The van der Waals surface area contributed by atoms with Crippen molar-refractivity contribution in [3.8, 4) is 0 Å². The summed E-state index contributed by atoms with van der Waals surface area (Å²) in [4.78, 5) is 35.2. The van der Waals surface area contributed by atoms with Crippen molar-refractivity contribution in [2.24, 2.45) is 0 Å². The zero-order valence-corrected chi connectivity index (χ0v) is 14.2. The summed E-state index contributed by atoms with van der Waals surface area (Å²) >= 11 is 0. The fraction of sp³-hybridized carbons (Fsp3) is 0.500. The van der Waals surface area contributed by atoms with Crippen molar-refractivity contribution < 1.29 is 38.1 Å². The quantitative estimate of drug-likeness (QED) is 0.427. The maximum Gasteiger partial charge on any atom is 0.338 e. The zero-order valence-electron chi connectivity index (χ0n) is 14.2. The van der Waals surface area contributed by atoms with E-state index < -0.39 is 35.7 Å². The number of hydrogen-bond donors (Lipinski definition) is 0. The number of hydrogen-bond acceptors (Lipinski definition) is 8. The number of fused-ring (bicyclic) bond motifs is 3. The third-order valence-electron chi connectivity index (χ3n) is 4.77. The Balaban J connectivity index is 1.52. The Morgan fingerprint density at radius 3 is 2.38 bits per heavy atom. The van der Waals surface area contributed by atoms with Crippen LogP contribution in [-0.4, -0.2) is 60.6 Å². The number of ether oxygens (including phenoxy) is 5. The molecule has 1 aromatic rings. The van der Waals surface area contributed by atoms with Gasteiger partial charge in [-0.2, -0.15) is 0 Å². The number of epoxide rings is 2. The molecular weight excluding hydrogens is 344 g/mol. The first-order chi connectivity index (χ1) is 12.4. The van der Waals surface area contributed by atoms with Crippen LogP contribution in [0.3, 0.4) is 0 Å². The second kappa shape index (κ2) is 6.07. The maximum atomic E-state index is 12.2. The molecule has 2 aliphatic heterocycles. The van der Waals surface area contributed by atoms with E-state index in [0.29, 0.717) is 5.56 Å². The summed E-state index contributed by atoms with van der Waals surface area (Å²) in [6.07, 6.45) is -2.71. The number of benzene rings is 1. The molecule has 3 fully saturated rings. The average Bonchev–Trinajstić information content (AvgIpc) is 3.49. The minimum atomic E-state index is -1.06. The maximum absolute atomic E-state index is 12.2. The number of rotatable bonds is 5. The Morgan fingerprint density at radius 1 is 1.04 bits per heavy atom. The Kier molecular flexibility index (Phi) is 3.96. The van der Waals surface area contributed by atoms with Crippen molar-refractivity contribution in [3.05, 3.63) is 35.9 Å². The standard InChI is InChI=1S/C18H18O8/c1-9(19)23-13-12-14(25-12)16-18(26-16,15(13)24-10(2)20)8-22-17(21)11-6-4-3-5-7-11/h3-7,12-16H,8H2,1-2H3/t12-,13-,14+,15+,16-,18+/m1/s1. The molecule has 2 saturated heterocycles. The molecule has 4 rings (SSSR count). The van der Waals surface area contributed by atoms with E-state index in [-0.39, 0.29) is 24.9 Å². The second-order valence-electron chi connectivity index (χ2n) is 6.60. The van der Waals surface area contributed by atoms with Gasteiger partial charge in [-0.3, -0.25) is 9.59 Å². The summed E-state index contributed by atoms with van der Waals surface area (Å²) in [6.45, 7) is 2.39. The van der Waals surface area contributed by atoms with Crippen molar-refractivity contribution in [1.82, 2.24) is 0 Å². The summed E-state index contributed by atoms with van der Waals surface area (Å²) < 4.78 is 27.4. The van der Waals surface area contributed by atoms with Gasteiger partial charge in [-0.15, -0.1) is 0 Å². The largest absolute Gasteiger partial charge is 0.459 e. The van der Waals surface area contributed by atoms with Gasteiger partial charge in [0.15, 0.2) is 17.8 Å². The summed E-state index contributed by atoms with van der Waals surface area (Å²) in [5.41, 5.74) is -0.661. The third-order valence-corrected chi connectivity index (χ3v) is 4.77. The molecule has 3 aliphatic rings. The monoisotopic (exact) mass is 362 g/mol. The SMILES string of the molecule is CC(=O)O[C@@H]1[C@H]2O[C@@H]2[C@H]2O[C@@]2(COC(=O)c2ccccc2)[C@H]1OC(C)=O. The van der Waals surface area contributed by atoms with Crippen LogP contribution in [0.5, 0.6) is 0 Å². The molecule has 0 bridgehead atoms. The molecule has 8 nitrogen and oxygen atoms in total. The van der Waals surface area contributed by atoms with Crippen LogP contribution in [0.25, 0.3) is 0 Å². The summed E-state index contributed by atoms with van der Waals surface area (Å²) in [5.74, 6) is -1.58. The molecule has 1 aromatic carbocycles. The van der Waals surface area contributed by atoms with Crippen LogP contribution < -0.4 is 0 Å². The van der Waals surface area contributed by atoms with Gasteiger partial charge in [0.25, 0.3) is 0 Å². The molecule has 0 unspecified atom stereocenters. The summed E-state index contributed by atoms with van der Waals surface area (Å²) in [5, 5.41) is 0. The first-order valence-electron chi connectivity index (χ1n) is 8.32. The Morgan fingerprint density at radius 2 is 1.73 bits per heavy atom.